The van der Waals surface area contributed by atoms with E-state index in [2.05, 4.69) is 0 Å². The van der Waals surface area contributed by atoms with Crippen LogP contribution in [0.2, 0.25) is 0 Å². The lowest BCUT2D eigenvalue weighted by molar-refractivity contribution is -0.249. The van der Waals surface area contributed by atoms with Crippen LogP contribution in [0.5, 0.6) is 0 Å². The number of likely N-dealkylation sites (tertiary alicyclic amines) is 1. The summed E-state index contributed by atoms with van der Waals surface area (Å²) in [5.74, 6) is -1.29. The number of hydrogen-bond acceptors (Lipinski definition) is 8. The van der Waals surface area contributed by atoms with Crippen molar-refractivity contribution in [3.8, 4) is 0 Å². The van der Waals surface area contributed by atoms with Gasteiger partial charge >= 0.3 is 6.09 Å². The van der Waals surface area contributed by atoms with Crippen molar-refractivity contribution in [2.24, 2.45) is 0 Å². The molecule has 0 N–H and O–H groups in total. The Bertz CT molecular complexity index is 810. The second kappa shape index (κ2) is 7.60. The molecule has 0 spiro atoms. The smallest absolute Gasteiger partial charge is 0.410 e. The third kappa shape index (κ3) is 3.50. The highest BCUT2D eigenvalue weighted by Gasteiger charge is 2.71. The highest BCUT2D eigenvalue weighted by atomic mass is 32.2. The minimum absolute atomic E-state index is 0.00720. The zero-order valence-corrected chi connectivity index (χ0v) is 17.1. The summed E-state index contributed by atoms with van der Waals surface area (Å²) in [6, 6.07) is 9.23. The molecule has 2 saturated heterocycles. The second-order valence-corrected chi connectivity index (χ2v) is 8.63. The number of carbonyl (C=O) groups is 1. The first-order valence-electron chi connectivity index (χ1n) is 8.75. The normalized spacial score (nSPS) is 28.9. The largest absolute Gasteiger partial charge is 0.445 e. The summed E-state index contributed by atoms with van der Waals surface area (Å²) >= 11 is 0. The average Bonchev–Trinajstić information content (AvgIpc) is 3.10. The first-order valence-corrected chi connectivity index (χ1v) is 10.6. The molecule has 0 radical (unpaired) electrons. The van der Waals surface area contributed by atoms with E-state index in [0.717, 1.165) is 11.8 Å². The van der Waals surface area contributed by atoms with Crippen molar-refractivity contribution in [2.75, 3.05) is 33.6 Å². The Morgan fingerprint density at radius 1 is 1.25 bits per heavy atom. The Labute approximate surface area is 164 Å². The van der Waals surface area contributed by atoms with Crippen LogP contribution in [0, 0.1) is 0 Å². The lowest BCUT2D eigenvalue weighted by Gasteiger charge is -2.43. The molecule has 1 aromatic rings. The lowest BCUT2D eigenvalue weighted by atomic mass is 9.88. The van der Waals surface area contributed by atoms with E-state index in [1.54, 1.807) is 6.92 Å². The summed E-state index contributed by atoms with van der Waals surface area (Å²) in [7, 11) is -0.882. The van der Waals surface area contributed by atoms with Crippen LogP contribution >= 0.6 is 0 Å². The van der Waals surface area contributed by atoms with Gasteiger partial charge < -0.3 is 18.9 Å². The van der Waals surface area contributed by atoms with E-state index in [1.165, 1.54) is 19.1 Å². The second-order valence-electron chi connectivity index (χ2n) is 7.03. The third-order valence-electron chi connectivity index (χ3n) is 5.42. The fraction of sp³-hybridized carbons (Fsp3) is 0.611. The van der Waals surface area contributed by atoms with Gasteiger partial charge in [-0.3, -0.25) is 9.08 Å². The van der Waals surface area contributed by atoms with Crippen LogP contribution in [0.1, 0.15) is 12.5 Å². The molecule has 2 heterocycles. The summed E-state index contributed by atoms with van der Waals surface area (Å²) in [4.78, 5) is 14.3. The standard InChI is InChI=1S/C18H25NO8S/c1-17-15(26-12-18(17,23-2)24-3)14(27-28(4,21)22)10-19(17)16(20)25-11-13-8-6-5-7-9-13/h5-9,14-15H,10-12H2,1-4H3/t14-,15-,17+/m1/s1. The Balaban J connectivity index is 1.88. The molecule has 2 fully saturated rings. The van der Waals surface area contributed by atoms with Crippen LogP contribution in [0.3, 0.4) is 0 Å². The number of fused-ring (bicyclic) bond motifs is 1. The first kappa shape index (κ1) is 21.0. The molecule has 2 aliphatic rings. The van der Waals surface area contributed by atoms with Crippen molar-refractivity contribution in [3.63, 3.8) is 0 Å². The number of methoxy groups -OCH3 is 2. The van der Waals surface area contributed by atoms with E-state index in [0.29, 0.717) is 0 Å². The first-order chi connectivity index (χ1) is 13.2. The van der Waals surface area contributed by atoms with Gasteiger partial charge in [-0.2, -0.15) is 8.42 Å². The molecule has 0 aliphatic carbocycles. The van der Waals surface area contributed by atoms with Gasteiger partial charge in [-0.15, -0.1) is 0 Å². The van der Waals surface area contributed by atoms with E-state index in [1.807, 2.05) is 30.3 Å². The van der Waals surface area contributed by atoms with E-state index in [-0.39, 0.29) is 19.8 Å². The molecule has 1 amide bonds. The maximum absolute atomic E-state index is 12.9. The van der Waals surface area contributed by atoms with Crippen LogP contribution in [0.25, 0.3) is 0 Å². The molecule has 10 heteroatoms. The number of nitrogens with zero attached hydrogens (tertiary/aromatic N) is 1. The highest BCUT2D eigenvalue weighted by molar-refractivity contribution is 7.86. The van der Waals surface area contributed by atoms with Crippen molar-refractivity contribution >= 4 is 16.2 Å². The molecule has 9 nitrogen and oxygen atoms in total. The zero-order valence-electron chi connectivity index (χ0n) is 16.3. The number of ether oxygens (including phenoxy) is 4. The van der Waals surface area contributed by atoms with Gasteiger partial charge in [0.15, 0.2) is 0 Å². The van der Waals surface area contributed by atoms with Crippen molar-refractivity contribution in [1.29, 1.82) is 0 Å². The van der Waals surface area contributed by atoms with Gasteiger partial charge in [-0.1, -0.05) is 30.3 Å². The predicted molar refractivity (Wildman–Crippen MR) is 97.9 cm³/mol. The van der Waals surface area contributed by atoms with Crippen molar-refractivity contribution < 1.29 is 36.3 Å². The minimum atomic E-state index is -3.77. The molecule has 28 heavy (non-hydrogen) atoms. The number of amides is 1. The Morgan fingerprint density at radius 2 is 1.89 bits per heavy atom. The number of benzene rings is 1. The number of carbonyl (C=O) groups excluding carboxylic acids is 1. The summed E-state index contributed by atoms with van der Waals surface area (Å²) in [5, 5.41) is 0. The topological polar surface area (TPSA) is 101 Å². The molecule has 3 rings (SSSR count). The molecule has 0 bridgehead atoms. The van der Waals surface area contributed by atoms with Crippen LogP contribution < -0.4 is 0 Å². The Kier molecular flexibility index (Phi) is 5.70. The van der Waals surface area contributed by atoms with E-state index < -0.39 is 39.7 Å². The fourth-order valence-electron chi connectivity index (χ4n) is 4.00. The molecule has 0 saturated carbocycles. The molecule has 3 atom stereocenters. The lowest BCUT2D eigenvalue weighted by Crippen LogP contribution is -2.64. The molecular weight excluding hydrogens is 390 g/mol. The van der Waals surface area contributed by atoms with Gasteiger partial charge in [0, 0.05) is 14.2 Å². The van der Waals surface area contributed by atoms with Gasteiger partial charge in [0.1, 0.15) is 31.0 Å². The summed E-state index contributed by atoms with van der Waals surface area (Å²) in [6.07, 6.45) is -1.36. The Morgan fingerprint density at radius 3 is 2.46 bits per heavy atom. The van der Waals surface area contributed by atoms with Crippen molar-refractivity contribution in [2.45, 2.75) is 37.1 Å². The van der Waals surface area contributed by atoms with Crippen LogP contribution in [0.15, 0.2) is 30.3 Å². The van der Waals surface area contributed by atoms with Gasteiger partial charge in [0.25, 0.3) is 10.1 Å². The zero-order chi connectivity index (χ0) is 20.6. The molecule has 1 aromatic carbocycles. The number of hydrogen-bond donors (Lipinski definition) is 0. The molecule has 2 aliphatic heterocycles. The summed E-state index contributed by atoms with van der Waals surface area (Å²) in [5.41, 5.74) is -0.326. The van der Waals surface area contributed by atoms with Gasteiger partial charge in [0.05, 0.1) is 12.8 Å². The maximum atomic E-state index is 12.9. The maximum Gasteiger partial charge on any atom is 0.410 e. The van der Waals surface area contributed by atoms with Gasteiger partial charge in [-0.05, 0) is 12.5 Å². The van der Waals surface area contributed by atoms with Crippen LogP contribution in [-0.4, -0.2) is 76.6 Å². The monoisotopic (exact) mass is 415 g/mol. The van der Waals surface area contributed by atoms with Crippen molar-refractivity contribution in [1.82, 2.24) is 4.90 Å². The summed E-state index contributed by atoms with van der Waals surface area (Å²) in [6.45, 7) is 1.75. The van der Waals surface area contributed by atoms with Gasteiger partial charge in [0.2, 0.25) is 5.79 Å². The Hall–Kier alpha value is -1.72. The van der Waals surface area contributed by atoms with E-state index in [9.17, 15) is 13.2 Å². The molecule has 0 unspecified atom stereocenters. The van der Waals surface area contributed by atoms with Crippen molar-refractivity contribution in [3.05, 3.63) is 35.9 Å². The van der Waals surface area contributed by atoms with E-state index in [4.69, 9.17) is 23.1 Å². The third-order valence-corrected chi connectivity index (χ3v) is 6.02. The SMILES string of the molecule is COC1(OC)CO[C@@H]2[C@H](OS(C)(=O)=O)CN(C(=O)OCc3ccccc3)[C@@]21C. The molecular formula is C18H25NO8S. The van der Waals surface area contributed by atoms with Crippen LogP contribution in [0.4, 0.5) is 4.79 Å². The summed E-state index contributed by atoms with van der Waals surface area (Å²) < 4.78 is 51.0. The molecule has 156 valence electrons. The minimum Gasteiger partial charge on any atom is -0.445 e. The predicted octanol–water partition coefficient (Wildman–Crippen LogP) is 1.13. The van der Waals surface area contributed by atoms with E-state index >= 15 is 0 Å². The average molecular weight is 415 g/mol. The molecule has 0 aromatic heterocycles. The van der Waals surface area contributed by atoms with Gasteiger partial charge in [-0.25, -0.2) is 4.79 Å². The number of rotatable bonds is 6. The fourth-order valence-corrected chi connectivity index (χ4v) is 4.61. The van der Waals surface area contributed by atoms with Crippen LogP contribution in [-0.2, 0) is 39.9 Å². The highest BCUT2D eigenvalue weighted by Crippen LogP contribution is 2.49. The quantitative estimate of drug-likeness (QED) is 0.504.